The smallest absolute Gasteiger partial charge is 0.226 e. The zero-order valence-electron chi connectivity index (χ0n) is 11.6. The van der Waals surface area contributed by atoms with Crippen LogP contribution in [0.15, 0.2) is 24.3 Å². The fourth-order valence-corrected chi connectivity index (χ4v) is 3.20. The topological polar surface area (TPSA) is 40.5 Å². The third kappa shape index (κ3) is 2.06. The number of nitrogens with zero attached hydrogens (tertiary/aromatic N) is 1. The summed E-state index contributed by atoms with van der Waals surface area (Å²) >= 11 is 0. The van der Waals surface area contributed by atoms with Crippen molar-refractivity contribution in [1.82, 2.24) is 4.90 Å². The number of hydrogen-bond acceptors (Lipinski definition) is 2. The molecular formula is C16H21NO2. The number of aliphatic hydroxyl groups excluding tert-OH is 1. The Balaban J connectivity index is 1.86. The minimum Gasteiger partial charge on any atom is -0.394 e. The van der Waals surface area contributed by atoms with Gasteiger partial charge in [0.15, 0.2) is 0 Å². The van der Waals surface area contributed by atoms with Gasteiger partial charge in [0, 0.05) is 12.5 Å². The summed E-state index contributed by atoms with van der Waals surface area (Å²) in [4.78, 5) is 14.5. The van der Waals surface area contributed by atoms with Crippen LogP contribution in [0.2, 0.25) is 0 Å². The fraction of sp³-hybridized carbons (Fsp3) is 0.562. The second kappa shape index (κ2) is 4.34. The van der Waals surface area contributed by atoms with Crippen molar-refractivity contribution in [2.24, 2.45) is 11.3 Å². The lowest BCUT2D eigenvalue weighted by Gasteiger charge is -2.37. The molecule has 1 amide bonds. The second-order valence-electron chi connectivity index (χ2n) is 6.42. The summed E-state index contributed by atoms with van der Waals surface area (Å²) in [5.41, 5.74) is 2.53. The summed E-state index contributed by atoms with van der Waals surface area (Å²) in [6.45, 7) is 5.02. The standard InChI is InChI=1S/C16H21NO2/c1-16(2)9-13(16)15(19)17-8-7-11-5-3-4-6-12(11)14(17)10-18/h3-6,13-14,18H,7-10H2,1-2H3/t13-,14+/m1/s1. The molecule has 1 aliphatic carbocycles. The van der Waals surface area contributed by atoms with E-state index in [2.05, 4.69) is 19.9 Å². The first-order valence-electron chi connectivity index (χ1n) is 7.04. The summed E-state index contributed by atoms with van der Waals surface area (Å²) in [7, 11) is 0. The SMILES string of the molecule is CC1(C)C[C@@H]1C(=O)N1CCc2ccccc2[C@@H]1CO. The minimum atomic E-state index is -0.158. The molecular weight excluding hydrogens is 238 g/mol. The van der Waals surface area contributed by atoms with E-state index in [1.165, 1.54) is 5.56 Å². The Bertz CT molecular complexity index is 509. The van der Waals surface area contributed by atoms with E-state index >= 15 is 0 Å². The molecule has 0 saturated heterocycles. The largest absolute Gasteiger partial charge is 0.394 e. The van der Waals surface area contributed by atoms with Gasteiger partial charge in [-0.2, -0.15) is 0 Å². The van der Waals surface area contributed by atoms with Gasteiger partial charge in [-0.15, -0.1) is 0 Å². The van der Waals surface area contributed by atoms with E-state index in [0.29, 0.717) is 0 Å². The van der Waals surface area contributed by atoms with Crippen LogP contribution in [0, 0.1) is 11.3 Å². The van der Waals surface area contributed by atoms with E-state index in [1.54, 1.807) is 0 Å². The summed E-state index contributed by atoms with van der Waals surface area (Å²) in [6, 6.07) is 7.98. The van der Waals surface area contributed by atoms with Crippen LogP contribution in [-0.2, 0) is 11.2 Å². The highest BCUT2D eigenvalue weighted by Gasteiger charge is 2.53. The van der Waals surface area contributed by atoms with Crippen molar-refractivity contribution < 1.29 is 9.90 Å². The van der Waals surface area contributed by atoms with E-state index in [4.69, 9.17) is 0 Å². The molecule has 0 radical (unpaired) electrons. The lowest BCUT2D eigenvalue weighted by atomic mass is 9.92. The lowest BCUT2D eigenvalue weighted by molar-refractivity contribution is -0.137. The van der Waals surface area contributed by atoms with Crippen LogP contribution in [0.25, 0.3) is 0 Å². The van der Waals surface area contributed by atoms with E-state index < -0.39 is 0 Å². The number of rotatable bonds is 2. The summed E-state index contributed by atoms with van der Waals surface area (Å²) in [6.07, 6.45) is 1.87. The molecule has 1 N–H and O–H groups in total. The first-order chi connectivity index (χ1) is 9.04. The molecule has 2 atom stereocenters. The summed E-state index contributed by atoms with van der Waals surface area (Å²) in [5, 5.41) is 9.70. The van der Waals surface area contributed by atoms with Crippen LogP contribution in [0.3, 0.4) is 0 Å². The highest BCUT2D eigenvalue weighted by Crippen LogP contribution is 2.53. The average Bonchev–Trinajstić information content (AvgIpc) is 3.05. The predicted octanol–water partition coefficient (Wildman–Crippen LogP) is 2.15. The number of fused-ring (bicyclic) bond motifs is 1. The Hall–Kier alpha value is -1.35. The van der Waals surface area contributed by atoms with Gasteiger partial charge in [-0.25, -0.2) is 0 Å². The maximum Gasteiger partial charge on any atom is 0.226 e. The molecule has 3 nitrogen and oxygen atoms in total. The number of amides is 1. The molecule has 0 unspecified atom stereocenters. The number of benzene rings is 1. The Kier molecular flexibility index (Phi) is 2.90. The van der Waals surface area contributed by atoms with Gasteiger partial charge < -0.3 is 10.0 Å². The van der Waals surface area contributed by atoms with Crippen LogP contribution < -0.4 is 0 Å². The number of carbonyl (C=O) groups excluding carboxylic acids is 1. The molecule has 1 aliphatic heterocycles. The monoisotopic (exact) mass is 259 g/mol. The Morgan fingerprint density at radius 1 is 1.42 bits per heavy atom. The van der Waals surface area contributed by atoms with Crippen LogP contribution in [0.4, 0.5) is 0 Å². The first kappa shape index (κ1) is 12.7. The molecule has 1 saturated carbocycles. The van der Waals surface area contributed by atoms with Gasteiger partial charge in [0.2, 0.25) is 5.91 Å². The van der Waals surface area contributed by atoms with Crippen LogP contribution in [0.5, 0.6) is 0 Å². The highest BCUT2D eigenvalue weighted by atomic mass is 16.3. The highest BCUT2D eigenvalue weighted by molar-refractivity contribution is 5.83. The number of hydrogen-bond donors (Lipinski definition) is 1. The number of carbonyl (C=O) groups is 1. The van der Waals surface area contributed by atoms with E-state index in [0.717, 1.165) is 24.9 Å². The summed E-state index contributed by atoms with van der Waals surface area (Å²) in [5.74, 6) is 0.366. The van der Waals surface area contributed by atoms with Crippen molar-refractivity contribution in [1.29, 1.82) is 0 Å². The zero-order chi connectivity index (χ0) is 13.6. The van der Waals surface area contributed by atoms with Gasteiger partial charge in [0.05, 0.1) is 12.6 Å². The van der Waals surface area contributed by atoms with Crippen LogP contribution >= 0.6 is 0 Å². The molecule has 102 valence electrons. The molecule has 1 aromatic rings. The molecule has 1 aromatic carbocycles. The van der Waals surface area contributed by atoms with Crippen LogP contribution in [0.1, 0.15) is 37.4 Å². The van der Waals surface area contributed by atoms with Gasteiger partial charge in [0.25, 0.3) is 0 Å². The molecule has 2 aliphatic rings. The molecule has 19 heavy (non-hydrogen) atoms. The van der Waals surface area contributed by atoms with Crippen molar-refractivity contribution in [2.75, 3.05) is 13.2 Å². The minimum absolute atomic E-state index is 0.00982. The maximum absolute atomic E-state index is 12.6. The van der Waals surface area contributed by atoms with Crippen molar-refractivity contribution in [2.45, 2.75) is 32.7 Å². The number of aliphatic hydroxyl groups is 1. The molecule has 1 heterocycles. The van der Waals surface area contributed by atoms with Crippen molar-refractivity contribution >= 4 is 5.91 Å². The normalized spacial score (nSPS) is 27.8. The zero-order valence-corrected chi connectivity index (χ0v) is 11.6. The van der Waals surface area contributed by atoms with Crippen LogP contribution in [-0.4, -0.2) is 29.1 Å². The Morgan fingerprint density at radius 3 is 2.74 bits per heavy atom. The first-order valence-corrected chi connectivity index (χ1v) is 7.04. The van der Waals surface area contributed by atoms with Crippen molar-refractivity contribution in [3.05, 3.63) is 35.4 Å². The van der Waals surface area contributed by atoms with Gasteiger partial charge in [-0.05, 0) is 29.4 Å². The molecule has 0 aromatic heterocycles. The quantitative estimate of drug-likeness (QED) is 0.884. The molecule has 0 spiro atoms. The van der Waals surface area contributed by atoms with Gasteiger partial charge in [-0.1, -0.05) is 38.1 Å². The van der Waals surface area contributed by atoms with Gasteiger partial charge >= 0.3 is 0 Å². The van der Waals surface area contributed by atoms with E-state index in [9.17, 15) is 9.90 Å². The lowest BCUT2D eigenvalue weighted by Crippen LogP contribution is -2.42. The molecule has 0 bridgehead atoms. The predicted molar refractivity (Wildman–Crippen MR) is 73.6 cm³/mol. The van der Waals surface area contributed by atoms with E-state index in [-0.39, 0.29) is 29.9 Å². The molecule has 3 rings (SSSR count). The molecule has 3 heteroatoms. The third-order valence-electron chi connectivity index (χ3n) is 4.68. The van der Waals surface area contributed by atoms with Crippen molar-refractivity contribution in [3.8, 4) is 0 Å². The van der Waals surface area contributed by atoms with Gasteiger partial charge in [-0.3, -0.25) is 4.79 Å². The average molecular weight is 259 g/mol. The Labute approximate surface area is 114 Å². The Morgan fingerprint density at radius 2 is 2.11 bits per heavy atom. The van der Waals surface area contributed by atoms with Gasteiger partial charge in [0.1, 0.15) is 0 Å². The van der Waals surface area contributed by atoms with Crippen molar-refractivity contribution in [3.63, 3.8) is 0 Å². The van der Waals surface area contributed by atoms with E-state index in [1.807, 2.05) is 23.1 Å². The third-order valence-corrected chi connectivity index (χ3v) is 4.68. The maximum atomic E-state index is 12.6. The second-order valence-corrected chi connectivity index (χ2v) is 6.42. The molecule has 1 fully saturated rings. The fourth-order valence-electron chi connectivity index (χ4n) is 3.20. The summed E-state index contributed by atoms with van der Waals surface area (Å²) < 4.78 is 0.